The zero-order valence-corrected chi connectivity index (χ0v) is 13.9. The summed E-state index contributed by atoms with van der Waals surface area (Å²) >= 11 is 3.22. The van der Waals surface area contributed by atoms with E-state index in [4.69, 9.17) is 5.84 Å². The van der Waals surface area contributed by atoms with Crippen LogP contribution in [0.3, 0.4) is 0 Å². The fourth-order valence-corrected chi connectivity index (χ4v) is 2.79. The van der Waals surface area contributed by atoms with Crippen molar-refractivity contribution in [3.8, 4) is 0 Å². The molecule has 3 N–H and O–H groups in total. The Balaban J connectivity index is 2.29. The Kier molecular flexibility index (Phi) is 9.07. The number of hydrogen-bond donors (Lipinski definition) is 2. The Hall–Kier alpha value is -0.450. The first-order valence-corrected chi connectivity index (χ1v) is 8.36. The molecule has 2 nitrogen and oxygen atoms in total. The molecule has 1 unspecified atom stereocenters. The summed E-state index contributed by atoms with van der Waals surface area (Å²) in [5.41, 5.74) is 3.98. The van der Waals surface area contributed by atoms with Crippen molar-refractivity contribution in [3.05, 3.63) is 34.1 Å². The van der Waals surface area contributed by atoms with Crippen LogP contribution >= 0.6 is 15.9 Å². The largest absolute Gasteiger partial charge is 0.271 e. The van der Waals surface area contributed by atoms with Gasteiger partial charge in [0.1, 0.15) is 5.82 Å². The lowest BCUT2D eigenvalue weighted by atomic mass is 10.00. The van der Waals surface area contributed by atoms with Crippen LogP contribution < -0.4 is 11.3 Å². The molecule has 0 saturated carbocycles. The Labute approximate surface area is 130 Å². The van der Waals surface area contributed by atoms with E-state index in [0.717, 1.165) is 18.4 Å². The summed E-state index contributed by atoms with van der Waals surface area (Å²) in [7, 11) is 0. The fourth-order valence-electron chi connectivity index (χ4n) is 2.37. The van der Waals surface area contributed by atoms with Crippen molar-refractivity contribution >= 4 is 15.9 Å². The van der Waals surface area contributed by atoms with Crippen molar-refractivity contribution in [1.29, 1.82) is 0 Å². The summed E-state index contributed by atoms with van der Waals surface area (Å²) in [4.78, 5) is 0. The number of hydrazine groups is 1. The monoisotopic (exact) mass is 344 g/mol. The minimum atomic E-state index is -0.220. The van der Waals surface area contributed by atoms with Crippen molar-refractivity contribution in [1.82, 2.24) is 5.43 Å². The minimum absolute atomic E-state index is 0.220. The van der Waals surface area contributed by atoms with Crippen molar-refractivity contribution < 1.29 is 4.39 Å². The molecule has 0 amide bonds. The van der Waals surface area contributed by atoms with Crippen LogP contribution in [0, 0.1) is 5.82 Å². The number of halogens is 2. The van der Waals surface area contributed by atoms with Crippen LogP contribution in [-0.2, 0) is 6.42 Å². The number of nitrogens with two attached hydrogens (primary N) is 1. The molecule has 114 valence electrons. The van der Waals surface area contributed by atoms with E-state index in [0.29, 0.717) is 4.47 Å². The Morgan fingerprint density at radius 1 is 1.20 bits per heavy atom. The van der Waals surface area contributed by atoms with Gasteiger partial charge in [0, 0.05) is 6.04 Å². The van der Waals surface area contributed by atoms with Gasteiger partial charge in [-0.1, -0.05) is 51.5 Å². The van der Waals surface area contributed by atoms with Gasteiger partial charge in [-0.3, -0.25) is 11.3 Å². The van der Waals surface area contributed by atoms with E-state index >= 15 is 0 Å². The third-order valence-electron chi connectivity index (χ3n) is 3.61. The van der Waals surface area contributed by atoms with Gasteiger partial charge in [-0.05, 0) is 46.5 Å². The van der Waals surface area contributed by atoms with Gasteiger partial charge < -0.3 is 0 Å². The van der Waals surface area contributed by atoms with Crippen LogP contribution in [0.15, 0.2) is 22.7 Å². The third kappa shape index (κ3) is 6.82. The molecule has 0 fully saturated rings. The summed E-state index contributed by atoms with van der Waals surface area (Å²) in [6.07, 6.45) is 9.64. The average molecular weight is 345 g/mol. The molecule has 0 heterocycles. The maximum atomic E-state index is 13.2. The zero-order chi connectivity index (χ0) is 14.8. The van der Waals surface area contributed by atoms with Crippen LogP contribution in [0.25, 0.3) is 0 Å². The molecule has 4 heteroatoms. The van der Waals surface area contributed by atoms with Gasteiger partial charge in [-0.2, -0.15) is 0 Å². The highest BCUT2D eigenvalue weighted by Gasteiger charge is 2.09. The molecule has 0 radical (unpaired) electrons. The number of hydrogen-bond acceptors (Lipinski definition) is 2. The first-order chi connectivity index (χ1) is 9.67. The Morgan fingerprint density at radius 2 is 1.90 bits per heavy atom. The molecule has 0 aromatic heterocycles. The van der Waals surface area contributed by atoms with E-state index in [-0.39, 0.29) is 11.9 Å². The second-order valence-corrected chi connectivity index (χ2v) is 6.23. The van der Waals surface area contributed by atoms with Gasteiger partial charge in [0.2, 0.25) is 0 Å². The molecule has 0 spiro atoms. The topological polar surface area (TPSA) is 38.0 Å². The lowest BCUT2D eigenvalue weighted by Crippen LogP contribution is -2.36. The lowest BCUT2D eigenvalue weighted by Gasteiger charge is -2.16. The molecule has 1 rings (SSSR count). The normalized spacial score (nSPS) is 12.6. The number of benzene rings is 1. The SMILES string of the molecule is CCCCCCCCC(Cc1ccc(F)c(Br)c1)NN. The number of nitrogens with one attached hydrogen (secondary N) is 1. The van der Waals surface area contributed by atoms with E-state index in [1.807, 2.05) is 12.1 Å². The Morgan fingerprint density at radius 3 is 2.55 bits per heavy atom. The standard InChI is InChI=1S/C16H26BrFN2/c1-2-3-4-5-6-7-8-14(20-19)11-13-9-10-16(18)15(17)12-13/h9-10,12,14,20H,2-8,11,19H2,1H3. The van der Waals surface area contributed by atoms with Crippen molar-refractivity contribution in [2.24, 2.45) is 5.84 Å². The van der Waals surface area contributed by atoms with Crippen molar-refractivity contribution in [2.75, 3.05) is 0 Å². The van der Waals surface area contributed by atoms with Gasteiger partial charge in [0.25, 0.3) is 0 Å². The summed E-state index contributed by atoms with van der Waals surface area (Å²) < 4.78 is 13.7. The van der Waals surface area contributed by atoms with E-state index in [9.17, 15) is 4.39 Å². The second kappa shape index (κ2) is 10.3. The van der Waals surface area contributed by atoms with Crippen LogP contribution in [0.4, 0.5) is 4.39 Å². The highest BCUT2D eigenvalue weighted by Crippen LogP contribution is 2.19. The predicted molar refractivity (Wildman–Crippen MR) is 86.9 cm³/mol. The average Bonchev–Trinajstić information content (AvgIpc) is 2.45. The van der Waals surface area contributed by atoms with Gasteiger partial charge in [-0.15, -0.1) is 0 Å². The summed E-state index contributed by atoms with van der Waals surface area (Å²) in [5.74, 6) is 5.39. The molecule has 0 bridgehead atoms. The molecule has 0 saturated heterocycles. The molecule has 0 aliphatic rings. The van der Waals surface area contributed by atoms with Gasteiger partial charge >= 0.3 is 0 Å². The molecule has 0 aliphatic carbocycles. The highest BCUT2D eigenvalue weighted by molar-refractivity contribution is 9.10. The smallest absolute Gasteiger partial charge is 0.137 e. The van der Waals surface area contributed by atoms with E-state index in [1.165, 1.54) is 44.6 Å². The maximum Gasteiger partial charge on any atom is 0.137 e. The highest BCUT2D eigenvalue weighted by atomic mass is 79.9. The molecule has 1 atom stereocenters. The van der Waals surface area contributed by atoms with E-state index in [1.54, 1.807) is 0 Å². The minimum Gasteiger partial charge on any atom is -0.271 e. The van der Waals surface area contributed by atoms with Crippen molar-refractivity contribution in [3.63, 3.8) is 0 Å². The summed E-state index contributed by atoms with van der Waals surface area (Å²) in [6, 6.07) is 5.42. The van der Waals surface area contributed by atoms with Crippen LogP contribution in [0.1, 0.15) is 57.4 Å². The Bertz CT molecular complexity index is 385. The van der Waals surface area contributed by atoms with Crippen molar-refractivity contribution in [2.45, 2.75) is 64.3 Å². The van der Waals surface area contributed by atoms with E-state index < -0.39 is 0 Å². The first-order valence-electron chi connectivity index (χ1n) is 7.57. The first kappa shape index (κ1) is 17.6. The number of unbranched alkanes of at least 4 members (excludes halogenated alkanes) is 5. The quantitative estimate of drug-likeness (QED) is 0.366. The van der Waals surface area contributed by atoms with Gasteiger partial charge in [-0.25, -0.2) is 4.39 Å². The van der Waals surface area contributed by atoms with Gasteiger partial charge in [0.15, 0.2) is 0 Å². The molecular formula is C16H26BrFN2. The fraction of sp³-hybridized carbons (Fsp3) is 0.625. The third-order valence-corrected chi connectivity index (χ3v) is 4.22. The zero-order valence-electron chi connectivity index (χ0n) is 12.3. The summed E-state index contributed by atoms with van der Waals surface area (Å²) in [5, 5.41) is 0. The second-order valence-electron chi connectivity index (χ2n) is 5.37. The maximum absolute atomic E-state index is 13.2. The summed E-state index contributed by atoms with van der Waals surface area (Å²) in [6.45, 7) is 2.23. The van der Waals surface area contributed by atoms with Gasteiger partial charge in [0.05, 0.1) is 4.47 Å². The van der Waals surface area contributed by atoms with E-state index in [2.05, 4.69) is 28.3 Å². The molecule has 20 heavy (non-hydrogen) atoms. The lowest BCUT2D eigenvalue weighted by molar-refractivity contribution is 0.459. The molecule has 1 aromatic rings. The molecule has 1 aromatic carbocycles. The predicted octanol–water partition coefficient (Wildman–Crippen LogP) is 4.71. The van der Waals surface area contributed by atoms with Crippen LogP contribution in [0.5, 0.6) is 0 Å². The number of rotatable bonds is 10. The molecule has 0 aliphatic heterocycles. The molecular weight excluding hydrogens is 319 g/mol. The van der Waals surface area contributed by atoms with Crippen LogP contribution in [-0.4, -0.2) is 6.04 Å². The van der Waals surface area contributed by atoms with Crippen LogP contribution in [0.2, 0.25) is 0 Å².